The molecule has 0 atom stereocenters. The molecule has 2 aromatic heterocycles. The van der Waals surface area contributed by atoms with Crippen LogP contribution < -0.4 is 5.32 Å². The molecule has 0 bridgehead atoms. The maximum atomic E-state index is 4.68. The molecule has 98 valence electrons. The molecule has 0 spiro atoms. The van der Waals surface area contributed by atoms with Crippen LogP contribution in [0.3, 0.4) is 0 Å². The van der Waals surface area contributed by atoms with Crippen molar-refractivity contribution in [1.29, 1.82) is 0 Å². The molecular weight excluding hydrogens is 268 g/mol. The standard InChI is InChI=1S/C15H12N4S/c1-19-9-16-13-11(19)7-8-12-14(13)18-15(20-12)17-10-5-3-2-4-6-10/h2-9H,1H3,(H,17,18). The second kappa shape index (κ2) is 4.31. The van der Waals surface area contributed by atoms with Crippen LogP contribution in [0.25, 0.3) is 21.3 Å². The van der Waals surface area contributed by atoms with Crippen molar-refractivity contribution in [2.24, 2.45) is 7.05 Å². The van der Waals surface area contributed by atoms with Crippen molar-refractivity contribution in [1.82, 2.24) is 14.5 Å². The number of hydrogen-bond donors (Lipinski definition) is 1. The molecule has 0 aliphatic carbocycles. The molecule has 0 saturated heterocycles. The highest BCUT2D eigenvalue weighted by atomic mass is 32.1. The fourth-order valence-electron chi connectivity index (χ4n) is 2.29. The number of rotatable bonds is 2. The lowest BCUT2D eigenvalue weighted by molar-refractivity contribution is 0.948. The van der Waals surface area contributed by atoms with E-state index in [1.807, 2.05) is 48.3 Å². The summed E-state index contributed by atoms with van der Waals surface area (Å²) in [4.78, 5) is 9.13. The Hall–Kier alpha value is -2.40. The summed E-state index contributed by atoms with van der Waals surface area (Å²) in [5.41, 5.74) is 4.08. The van der Waals surface area contributed by atoms with Crippen molar-refractivity contribution in [3.05, 3.63) is 48.8 Å². The molecule has 4 aromatic rings. The number of para-hydroxylation sites is 1. The number of nitrogens with one attached hydrogen (secondary N) is 1. The number of nitrogens with zero attached hydrogens (tertiary/aromatic N) is 3. The fourth-order valence-corrected chi connectivity index (χ4v) is 3.18. The first kappa shape index (κ1) is 11.4. The highest BCUT2D eigenvalue weighted by molar-refractivity contribution is 7.22. The van der Waals surface area contributed by atoms with Gasteiger partial charge in [-0.25, -0.2) is 9.97 Å². The van der Waals surface area contributed by atoms with Crippen molar-refractivity contribution >= 4 is 43.4 Å². The highest BCUT2D eigenvalue weighted by Gasteiger charge is 2.10. The summed E-state index contributed by atoms with van der Waals surface area (Å²) in [5, 5.41) is 4.23. The van der Waals surface area contributed by atoms with E-state index < -0.39 is 0 Å². The topological polar surface area (TPSA) is 42.7 Å². The Balaban J connectivity index is 1.84. The first-order chi connectivity index (χ1) is 9.81. The summed E-state index contributed by atoms with van der Waals surface area (Å²) >= 11 is 1.64. The summed E-state index contributed by atoms with van der Waals surface area (Å²) in [5.74, 6) is 0. The number of benzene rings is 2. The smallest absolute Gasteiger partial charge is 0.188 e. The van der Waals surface area contributed by atoms with Gasteiger partial charge in [-0.3, -0.25) is 0 Å². The van der Waals surface area contributed by atoms with Crippen molar-refractivity contribution in [3.8, 4) is 0 Å². The van der Waals surface area contributed by atoms with E-state index >= 15 is 0 Å². The fraction of sp³-hybridized carbons (Fsp3) is 0.0667. The van der Waals surface area contributed by atoms with E-state index in [0.717, 1.165) is 32.1 Å². The summed E-state index contributed by atoms with van der Waals surface area (Å²) in [6.07, 6.45) is 1.83. The Kier molecular flexibility index (Phi) is 2.47. The van der Waals surface area contributed by atoms with Crippen LogP contribution >= 0.6 is 11.3 Å². The molecular formula is C15H12N4S. The minimum Gasteiger partial charge on any atom is -0.334 e. The number of aryl methyl sites for hydroxylation is 1. The average Bonchev–Trinajstić information content (AvgIpc) is 3.03. The largest absolute Gasteiger partial charge is 0.334 e. The third kappa shape index (κ3) is 1.75. The maximum Gasteiger partial charge on any atom is 0.188 e. The van der Waals surface area contributed by atoms with Gasteiger partial charge < -0.3 is 9.88 Å². The zero-order chi connectivity index (χ0) is 13.5. The van der Waals surface area contributed by atoms with Gasteiger partial charge in [0.15, 0.2) is 5.13 Å². The molecule has 0 radical (unpaired) electrons. The molecule has 0 aliphatic heterocycles. The van der Waals surface area contributed by atoms with Crippen molar-refractivity contribution in [3.63, 3.8) is 0 Å². The molecule has 4 rings (SSSR count). The number of imidazole rings is 1. The number of fused-ring (bicyclic) bond motifs is 3. The zero-order valence-electron chi connectivity index (χ0n) is 10.9. The molecule has 20 heavy (non-hydrogen) atoms. The predicted octanol–water partition coefficient (Wildman–Crippen LogP) is 3.93. The van der Waals surface area contributed by atoms with E-state index in [9.17, 15) is 0 Å². The van der Waals surface area contributed by atoms with Gasteiger partial charge in [0.25, 0.3) is 0 Å². The molecule has 5 heteroatoms. The summed E-state index contributed by atoms with van der Waals surface area (Å²) < 4.78 is 3.16. The SMILES string of the molecule is Cn1cnc2c3nc(Nc4ccccc4)sc3ccc21. The van der Waals surface area contributed by atoms with Crippen LogP contribution in [-0.4, -0.2) is 14.5 Å². The second-order valence-corrected chi connectivity index (χ2v) is 5.68. The van der Waals surface area contributed by atoms with Gasteiger partial charge >= 0.3 is 0 Å². The van der Waals surface area contributed by atoms with Gasteiger partial charge in [0.2, 0.25) is 0 Å². The maximum absolute atomic E-state index is 4.68. The first-order valence-corrected chi connectivity index (χ1v) is 7.15. The molecule has 2 aromatic carbocycles. The van der Waals surface area contributed by atoms with Crippen LogP contribution in [0.4, 0.5) is 10.8 Å². The Bertz CT molecular complexity index is 892. The number of hydrogen-bond acceptors (Lipinski definition) is 4. The van der Waals surface area contributed by atoms with Crippen molar-refractivity contribution in [2.45, 2.75) is 0 Å². The molecule has 0 saturated carbocycles. The molecule has 1 N–H and O–H groups in total. The number of anilines is 2. The van der Waals surface area contributed by atoms with Crippen molar-refractivity contribution in [2.75, 3.05) is 5.32 Å². The highest BCUT2D eigenvalue weighted by Crippen LogP contribution is 2.32. The van der Waals surface area contributed by atoms with Gasteiger partial charge in [-0.1, -0.05) is 29.5 Å². The Morgan fingerprint density at radius 3 is 2.75 bits per heavy atom. The van der Waals surface area contributed by atoms with Gasteiger partial charge in [0.1, 0.15) is 11.0 Å². The van der Waals surface area contributed by atoms with E-state index in [2.05, 4.69) is 27.4 Å². The molecule has 4 nitrogen and oxygen atoms in total. The third-order valence-corrected chi connectivity index (χ3v) is 4.21. The van der Waals surface area contributed by atoms with Crippen LogP contribution in [0.15, 0.2) is 48.8 Å². The lowest BCUT2D eigenvalue weighted by atomic mass is 10.3. The number of aromatic nitrogens is 3. The van der Waals surface area contributed by atoms with Gasteiger partial charge in [-0.2, -0.15) is 0 Å². The number of thiazole rings is 1. The van der Waals surface area contributed by atoms with E-state index in [1.54, 1.807) is 11.3 Å². The summed E-state index contributed by atoms with van der Waals surface area (Å²) in [7, 11) is 2.00. The molecule has 0 fully saturated rings. The van der Waals surface area contributed by atoms with E-state index in [0.29, 0.717) is 0 Å². The Morgan fingerprint density at radius 2 is 1.90 bits per heavy atom. The van der Waals surface area contributed by atoms with Crippen LogP contribution in [0, 0.1) is 0 Å². The van der Waals surface area contributed by atoms with E-state index in [4.69, 9.17) is 0 Å². The summed E-state index contributed by atoms with van der Waals surface area (Å²) in [6.45, 7) is 0. The molecule has 0 aliphatic rings. The second-order valence-electron chi connectivity index (χ2n) is 4.65. The van der Waals surface area contributed by atoms with Crippen LogP contribution in [0.1, 0.15) is 0 Å². The van der Waals surface area contributed by atoms with Crippen LogP contribution in [-0.2, 0) is 7.05 Å². The average molecular weight is 280 g/mol. The minimum atomic E-state index is 0.893. The lowest BCUT2D eigenvalue weighted by Gasteiger charge is -1.99. The van der Waals surface area contributed by atoms with Crippen LogP contribution in [0.2, 0.25) is 0 Å². The van der Waals surface area contributed by atoms with E-state index in [1.165, 1.54) is 0 Å². The minimum absolute atomic E-state index is 0.893. The Labute approximate surface area is 119 Å². The molecule has 0 amide bonds. The Morgan fingerprint density at radius 1 is 1.05 bits per heavy atom. The normalized spacial score (nSPS) is 11.2. The molecule has 2 heterocycles. The van der Waals surface area contributed by atoms with Gasteiger partial charge in [-0.15, -0.1) is 0 Å². The lowest BCUT2D eigenvalue weighted by Crippen LogP contribution is -1.87. The first-order valence-electron chi connectivity index (χ1n) is 6.34. The summed E-state index contributed by atoms with van der Waals surface area (Å²) in [6, 6.07) is 14.3. The zero-order valence-corrected chi connectivity index (χ0v) is 11.7. The van der Waals surface area contributed by atoms with Gasteiger partial charge in [-0.05, 0) is 24.3 Å². The molecule has 0 unspecified atom stereocenters. The van der Waals surface area contributed by atoms with E-state index in [-0.39, 0.29) is 0 Å². The van der Waals surface area contributed by atoms with Crippen molar-refractivity contribution < 1.29 is 0 Å². The quantitative estimate of drug-likeness (QED) is 0.605. The van der Waals surface area contributed by atoms with Crippen LogP contribution in [0.5, 0.6) is 0 Å². The predicted molar refractivity (Wildman–Crippen MR) is 83.6 cm³/mol. The van der Waals surface area contributed by atoms with Gasteiger partial charge in [0.05, 0.1) is 16.5 Å². The third-order valence-electron chi connectivity index (χ3n) is 3.28. The van der Waals surface area contributed by atoms with Gasteiger partial charge in [0, 0.05) is 12.7 Å². The monoisotopic (exact) mass is 280 g/mol.